The number of nitro groups is 1. The van der Waals surface area contributed by atoms with E-state index in [9.17, 15) is 23.3 Å². The summed E-state index contributed by atoms with van der Waals surface area (Å²) in [6, 6.07) is 12.7. The number of sulfonamides is 1. The maximum Gasteiger partial charge on any atom is 0.324 e. The molecule has 0 amide bonds. The standard InChI is InChI=1S/C17H18N2O6S/c1-18(15(17(20)25-2)12-13-8-4-3-5-9-13)26(23,24)16-11-7-6-10-14(16)19(21)22/h3-11,15H,12H2,1-2H3/t15-/m0/s1. The summed E-state index contributed by atoms with van der Waals surface area (Å²) in [7, 11) is -1.93. The molecule has 2 aromatic rings. The first-order valence-electron chi connectivity index (χ1n) is 7.62. The highest BCUT2D eigenvalue weighted by Crippen LogP contribution is 2.27. The Balaban J connectivity index is 2.45. The fraction of sp³-hybridized carbons (Fsp3) is 0.235. The summed E-state index contributed by atoms with van der Waals surface area (Å²) in [5.41, 5.74) is 0.176. The first-order valence-corrected chi connectivity index (χ1v) is 9.06. The van der Waals surface area contributed by atoms with Gasteiger partial charge in [0.25, 0.3) is 5.69 Å². The molecule has 0 spiro atoms. The second-order valence-electron chi connectivity index (χ2n) is 5.47. The van der Waals surface area contributed by atoms with Crippen LogP contribution in [0.4, 0.5) is 5.69 Å². The molecule has 0 heterocycles. The Morgan fingerprint density at radius 1 is 1.15 bits per heavy atom. The van der Waals surface area contributed by atoms with Crippen molar-refractivity contribution in [3.8, 4) is 0 Å². The molecular weight excluding hydrogens is 360 g/mol. The van der Waals surface area contributed by atoms with Crippen molar-refractivity contribution in [2.45, 2.75) is 17.4 Å². The summed E-state index contributed by atoms with van der Waals surface area (Å²) in [5.74, 6) is -0.751. The molecule has 0 aromatic heterocycles. The molecule has 0 saturated heterocycles. The second-order valence-corrected chi connectivity index (χ2v) is 7.44. The van der Waals surface area contributed by atoms with Crippen molar-refractivity contribution in [2.75, 3.05) is 14.2 Å². The largest absolute Gasteiger partial charge is 0.468 e. The monoisotopic (exact) mass is 378 g/mol. The maximum atomic E-state index is 12.9. The van der Waals surface area contributed by atoms with E-state index in [1.54, 1.807) is 30.3 Å². The van der Waals surface area contributed by atoms with Crippen LogP contribution in [0.15, 0.2) is 59.5 Å². The van der Waals surface area contributed by atoms with Crippen molar-refractivity contribution < 1.29 is 22.9 Å². The lowest BCUT2D eigenvalue weighted by Gasteiger charge is -2.25. The summed E-state index contributed by atoms with van der Waals surface area (Å²) in [4.78, 5) is 22.1. The smallest absolute Gasteiger partial charge is 0.324 e. The van der Waals surface area contributed by atoms with Crippen molar-refractivity contribution in [1.29, 1.82) is 0 Å². The molecule has 0 saturated carbocycles. The van der Waals surface area contributed by atoms with E-state index in [0.717, 1.165) is 29.1 Å². The Bertz CT molecular complexity index is 898. The SMILES string of the molecule is COC(=O)[C@H](Cc1ccccc1)N(C)S(=O)(=O)c1ccccc1[N+](=O)[O-]. The highest BCUT2D eigenvalue weighted by molar-refractivity contribution is 7.89. The third-order valence-electron chi connectivity index (χ3n) is 3.90. The van der Waals surface area contributed by atoms with Gasteiger partial charge in [-0.25, -0.2) is 8.42 Å². The molecule has 0 unspecified atom stereocenters. The van der Waals surface area contributed by atoms with Crippen LogP contribution in [-0.4, -0.2) is 43.8 Å². The van der Waals surface area contributed by atoms with Gasteiger partial charge >= 0.3 is 5.97 Å². The molecule has 0 radical (unpaired) electrons. The number of methoxy groups -OCH3 is 1. The van der Waals surface area contributed by atoms with Gasteiger partial charge in [0, 0.05) is 13.1 Å². The molecule has 0 fully saturated rings. The lowest BCUT2D eigenvalue weighted by molar-refractivity contribution is -0.387. The van der Waals surface area contributed by atoms with E-state index in [1.165, 1.54) is 19.2 Å². The normalized spacial score (nSPS) is 12.6. The summed E-state index contributed by atoms with van der Waals surface area (Å²) in [6.45, 7) is 0. The van der Waals surface area contributed by atoms with Gasteiger partial charge in [0.15, 0.2) is 4.90 Å². The quantitative estimate of drug-likeness (QED) is 0.414. The summed E-state index contributed by atoms with van der Waals surface area (Å²) < 4.78 is 31.4. The van der Waals surface area contributed by atoms with Crippen molar-refractivity contribution in [3.63, 3.8) is 0 Å². The molecule has 2 aromatic carbocycles. The van der Waals surface area contributed by atoms with Gasteiger partial charge in [0.05, 0.1) is 12.0 Å². The third-order valence-corrected chi connectivity index (χ3v) is 5.82. The molecule has 9 heteroatoms. The Labute approximate surface area is 151 Å². The molecule has 0 bridgehead atoms. The second kappa shape index (κ2) is 8.07. The van der Waals surface area contributed by atoms with Crippen molar-refractivity contribution >= 4 is 21.7 Å². The van der Waals surface area contributed by atoms with Crippen molar-refractivity contribution in [1.82, 2.24) is 4.31 Å². The Morgan fingerprint density at radius 3 is 2.31 bits per heavy atom. The minimum absolute atomic E-state index is 0.0733. The van der Waals surface area contributed by atoms with Crippen LogP contribution in [0.3, 0.4) is 0 Å². The molecule has 0 aliphatic rings. The van der Waals surface area contributed by atoms with Crippen molar-refractivity contribution in [3.05, 3.63) is 70.3 Å². The number of hydrogen-bond acceptors (Lipinski definition) is 6. The zero-order valence-electron chi connectivity index (χ0n) is 14.2. The number of hydrogen-bond donors (Lipinski definition) is 0. The first kappa shape index (κ1) is 19.5. The molecule has 0 aliphatic heterocycles. The van der Waals surface area contributed by atoms with Gasteiger partial charge < -0.3 is 4.74 Å². The van der Waals surface area contributed by atoms with Crippen LogP contribution in [0.1, 0.15) is 5.56 Å². The number of benzene rings is 2. The molecule has 0 N–H and O–H groups in total. The predicted molar refractivity (Wildman–Crippen MR) is 94.0 cm³/mol. The van der Waals surface area contributed by atoms with Crippen LogP contribution >= 0.6 is 0 Å². The van der Waals surface area contributed by atoms with Crippen LogP contribution in [-0.2, 0) is 26.0 Å². The number of carbonyl (C=O) groups excluding carboxylic acids is 1. The Hall–Kier alpha value is -2.78. The lowest BCUT2D eigenvalue weighted by Crippen LogP contribution is -2.44. The van der Waals surface area contributed by atoms with Gasteiger partial charge in [-0.1, -0.05) is 42.5 Å². The molecule has 26 heavy (non-hydrogen) atoms. The number of ether oxygens (including phenoxy) is 1. The van der Waals surface area contributed by atoms with E-state index in [2.05, 4.69) is 0 Å². The minimum atomic E-state index is -4.30. The van der Waals surface area contributed by atoms with E-state index in [-0.39, 0.29) is 6.42 Å². The van der Waals surface area contributed by atoms with Gasteiger partial charge in [-0.2, -0.15) is 4.31 Å². The number of likely N-dealkylation sites (N-methyl/N-ethyl adjacent to an activating group) is 1. The molecule has 0 aliphatic carbocycles. The molecule has 138 valence electrons. The fourth-order valence-corrected chi connectivity index (χ4v) is 3.95. The van der Waals surface area contributed by atoms with E-state index in [4.69, 9.17) is 4.74 Å². The van der Waals surface area contributed by atoms with Crippen LogP contribution < -0.4 is 0 Å². The van der Waals surface area contributed by atoms with E-state index in [0.29, 0.717) is 0 Å². The number of esters is 1. The number of nitrogens with zero attached hydrogens (tertiary/aromatic N) is 2. The molecular formula is C17H18N2O6S. The van der Waals surface area contributed by atoms with Gasteiger partial charge in [0.1, 0.15) is 6.04 Å². The highest BCUT2D eigenvalue weighted by Gasteiger charge is 2.37. The van der Waals surface area contributed by atoms with Crippen LogP contribution in [0.5, 0.6) is 0 Å². The number of carbonyl (C=O) groups is 1. The average molecular weight is 378 g/mol. The molecule has 2 rings (SSSR count). The van der Waals surface area contributed by atoms with Crippen LogP contribution in [0.2, 0.25) is 0 Å². The summed E-state index contributed by atoms with van der Waals surface area (Å²) in [6.07, 6.45) is 0.0733. The van der Waals surface area contributed by atoms with Crippen molar-refractivity contribution in [2.24, 2.45) is 0 Å². The summed E-state index contributed by atoms with van der Waals surface area (Å²) >= 11 is 0. The molecule has 8 nitrogen and oxygen atoms in total. The average Bonchev–Trinajstić information content (AvgIpc) is 2.65. The van der Waals surface area contributed by atoms with E-state index < -0.39 is 37.5 Å². The maximum absolute atomic E-state index is 12.9. The van der Waals surface area contributed by atoms with Gasteiger partial charge in [0.2, 0.25) is 10.0 Å². The zero-order valence-corrected chi connectivity index (χ0v) is 15.0. The first-order chi connectivity index (χ1) is 12.3. The fourth-order valence-electron chi connectivity index (χ4n) is 2.48. The minimum Gasteiger partial charge on any atom is -0.468 e. The summed E-state index contributed by atoms with van der Waals surface area (Å²) in [5, 5.41) is 11.2. The Kier molecular flexibility index (Phi) is 6.06. The lowest BCUT2D eigenvalue weighted by atomic mass is 10.1. The number of nitro benzene ring substituents is 1. The van der Waals surface area contributed by atoms with E-state index in [1.807, 2.05) is 0 Å². The third kappa shape index (κ3) is 4.06. The van der Waals surface area contributed by atoms with E-state index >= 15 is 0 Å². The van der Waals surface area contributed by atoms with Gasteiger partial charge in [-0.15, -0.1) is 0 Å². The predicted octanol–water partition coefficient (Wildman–Crippen LogP) is 2.00. The highest BCUT2D eigenvalue weighted by atomic mass is 32.2. The van der Waals surface area contributed by atoms with Gasteiger partial charge in [-0.3, -0.25) is 14.9 Å². The van der Waals surface area contributed by atoms with Crippen LogP contribution in [0, 0.1) is 10.1 Å². The number of para-hydroxylation sites is 1. The molecule has 1 atom stereocenters. The number of rotatable bonds is 7. The topological polar surface area (TPSA) is 107 Å². The Morgan fingerprint density at radius 2 is 1.73 bits per heavy atom. The van der Waals surface area contributed by atoms with Crippen LogP contribution in [0.25, 0.3) is 0 Å². The van der Waals surface area contributed by atoms with Gasteiger partial charge in [-0.05, 0) is 18.1 Å². The zero-order chi connectivity index (χ0) is 19.3.